The minimum atomic E-state index is -0.716. The summed E-state index contributed by atoms with van der Waals surface area (Å²) >= 11 is 0. The molecule has 1 aliphatic heterocycles. The van der Waals surface area contributed by atoms with Gasteiger partial charge < -0.3 is 29.1 Å². The lowest BCUT2D eigenvalue weighted by Crippen LogP contribution is -2.22. The van der Waals surface area contributed by atoms with Crippen LogP contribution in [0.4, 0.5) is 5.69 Å². The maximum absolute atomic E-state index is 12.1. The van der Waals surface area contributed by atoms with Crippen molar-refractivity contribution >= 4 is 23.3 Å². The Morgan fingerprint density at radius 2 is 1.71 bits per heavy atom. The van der Waals surface area contributed by atoms with Crippen molar-refractivity contribution in [3.63, 3.8) is 0 Å². The maximum atomic E-state index is 12.1. The van der Waals surface area contributed by atoms with E-state index >= 15 is 0 Å². The molecule has 1 N–H and O–H groups in total. The first kappa shape index (κ1) is 23.6. The number of fused-ring (bicyclic) bond motifs is 1. The van der Waals surface area contributed by atoms with Crippen LogP contribution in [0.1, 0.15) is 18.1 Å². The number of carbonyl (C=O) groups excluding carboxylic acids is 2. The normalized spacial score (nSPS) is 12.1. The van der Waals surface area contributed by atoms with Crippen molar-refractivity contribution in [2.45, 2.75) is 13.5 Å². The van der Waals surface area contributed by atoms with E-state index in [0.29, 0.717) is 35.3 Å². The molecule has 0 unspecified atom stereocenters. The summed E-state index contributed by atoms with van der Waals surface area (Å²) in [7, 11) is 0. The smallest absolute Gasteiger partial charge is 0.347 e. The van der Waals surface area contributed by atoms with Gasteiger partial charge in [0.15, 0.2) is 18.1 Å². The monoisotopic (exact) mass is 476 g/mol. The number of ether oxygens (including phenoxy) is 4. The number of oxime groups is 1. The van der Waals surface area contributed by atoms with Gasteiger partial charge in [-0.15, -0.1) is 0 Å². The largest absolute Gasteiger partial charge is 0.489 e. The zero-order valence-corrected chi connectivity index (χ0v) is 19.1. The van der Waals surface area contributed by atoms with Crippen molar-refractivity contribution in [2.75, 3.05) is 25.3 Å². The van der Waals surface area contributed by atoms with Crippen LogP contribution in [0.2, 0.25) is 0 Å². The molecule has 4 rings (SSSR count). The quantitative estimate of drug-likeness (QED) is 0.269. The van der Waals surface area contributed by atoms with Crippen LogP contribution in [0, 0.1) is 0 Å². The number of hydrogen-bond acceptors (Lipinski definition) is 8. The number of rotatable bonds is 10. The number of hydrogen-bond donors (Lipinski definition) is 1. The Labute approximate surface area is 202 Å². The van der Waals surface area contributed by atoms with E-state index < -0.39 is 25.1 Å². The van der Waals surface area contributed by atoms with E-state index in [2.05, 4.69) is 10.5 Å². The highest BCUT2D eigenvalue weighted by atomic mass is 16.7. The Balaban J connectivity index is 1.15. The van der Waals surface area contributed by atoms with Gasteiger partial charge in [0, 0.05) is 11.3 Å². The van der Waals surface area contributed by atoms with Gasteiger partial charge in [0.25, 0.3) is 5.91 Å². The van der Waals surface area contributed by atoms with Gasteiger partial charge in [-0.25, -0.2) is 4.79 Å². The molecule has 0 atom stereocenters. The summed E-state index contributed by atoms with van der Waals surface area (Å²) in [6, 6.07) is 22.1. The summed E-state index contributed by atoms with van der Waals surface area (Å²) in [5.41, 5.74) is 2.92. The molecular weight excluding hydrogens is 452 g/mol. The Morgan fingerprint density at radius 1 is 0.943 bits per heavy atom. The van der Waals surface area contributed by atoms with Crippen LogP contribution in [-0.2, 0) is 25.8 Å². The fourth-order valence-electron chi connectivity index (χ4n) is 3.12. The third-order valence-corrected chi connectivity index (χ3v) is 4.92. The standard InChI is InChI=1S/C26H24N2O7/c1-18(20-7-12-23-24(13-20)34-17-33-23)28-35-16-26(30)32-15-25(29)27-21-8-10-22(11-9-21)31-14-19-5-3-2-4-6-19/h2-13H,14-17H2,1H3,(H,27,29)/b28-18+. The fraction of sp³-hybridized carbons (Fsp3) is 0.192. The van der Waals surface area contributed by atoms with Crippen molar-refractivity contribution in [3.05, 3.63) is 83.9 Å². The zero-order chi connectivity index (χ0) is 24.5. The SMILES string of the molecule is C/C(=N\OCC(=O)OCC(=O)Nc1ccc(OCc2ccccc2)cc1)c1ccc2c(c1)OCO2. The molecule has 9 heteroatoms. The first-order valence-corrected chi connectivity index (χ1v) is 10.9. The fourth-order valence-corrected chi connectivity index (χ4v) is 3.12. The number of amides is 1. The molecule has 0 aliphatic carbocycles. The lowest BCUT2D eigenvalue weighted by Gasteiger charge is -2.09. The Kier molecular flexibility index (Phi) is 7.80. The van der Waals surface area contributed by atoms with Crippen LogP contribution in [0.25, 0.3) is 0 Å². The zero-order valence-electron chi connectivity index (χ0n) is 19.1. The molecular formula is C26H24N2O7. The molecule has 0 spiro atoms. The van der Waals surface area contributed by atoms with Gasteiger partial charge >= 0.3 is 5.97 Å². The maximum Gasteiger partial charge on any atom is 0.347 e. The van der Waals surface area contributed by atoms with Crippen molar-refractivity contribution < 1.29 is 33.4 Å². The summed E-state index contributed by atoms with van der Waals surface area (Å²) in [5, 5.41) is 6.56. The van der Waals surface area contributed by atoms with E-state index in [1.165, 1.54) is 0 Å². The Morgan fingerprint density at radius 3 is 2.51 bits per heavy atom. The van der Waals surface area contributed by atoms with Crippen LogP contribution >= 0.6 is 0 Å². The predicted molar refractivity (Wildman–Crippen MR) is 128 cm³/mol. The lowest BCUT2D eigenvalue weighted by molar-refractivity contribution is -0.151. The van der Waals surface area contributed by atoms with Gasteiger partial charge in [-0.05, 0) is 55.0 Å². The first-order chi connectivity index (χ1) is 17.1. The summed E-state index contributed by atoms with van der Waals surface area (Å²) < 4.78 is 21.2. The van der Waals surface area contributed by atoms with Crippen molar-refractivity contribution in [1.82, 2.24) is 0 Å². The summed E-state index contributed by atoms with van der Waals surface area (Å²) in [4.78, 5) is 29.0. The minimum absolute atomic E-state index is 0.180. The first-order valence-electron chi connectivity index (χ1n) is 10.9. The van der Waals surface area contributed by atoms with E-state index in [1.807, 2.05) is 30.3 Å². The number of esters is 1. The van der Waals surface area contributed by atoms with Crippen LogP contribution < -0.4 is 19.5 Å². The molecule has 180 valence electrons. The molecule has 0 bridgehead atoms. The summed E-state index contributed by atoms with van der Waals surface area (Å²) in [6.07, 6.45) is 0. The van der Waals surface area contributed by atoms with E-state index in [0.717, 1.165) is 11.1 Å². The topological polar surface area (TPSA) is 105 Å². The minimum Gasteiger partial charge on any atom is -0.489 e. The van der Waals surface area contributed by atoms with E-state index in [-0.39, 0.29) is 6.79 Å². The Hall–Kier alpha value is -4.53. The van der Waals surface area contributed by atoms with Crippen molar-refractivity contribution in [2.24, 2.45) is 5.16 Å². The molecule has 0 saturated heterocycles. The van der Waals surface area contributed by atoms with Gasteiger partial charge in [-0.2, -0.15) is 0 Å². The van der Waals surface area contributed by atoms with E-state index in [9.17, 15) is 9.59 Å². The lowest BCUT2D eigenvalue weighted by atomic mass is 10.1. The average Bonchev–Trinajstić information content (AvgIpc) is 3.36. The predicted octanol–water partition coefficient (Wildman–Crippen LogP) is 3.92. The van der Waals surface area contributed by atoms with Gasteiger partial charge in [-0.3, -0.25) is 4.79 Å². The number of carbonyl (C=O) groups is 2. The van der Waals surface area contributed by atoms with E-state index in [1.54, 1.807) is 49.4 Å². The third kappa shape index (κ3) is 6.97. The molecule has 3 aromatic rings. The van der Waals surface area contributed by atoms with E-state index in [4.69, 9.17) is 23.8 Å². The second-order valence-corrected chi connectivity index (χ2v) is 7.53. The van der Waals surface area contributed by atoms with Gasteiger partial charge in [0.1, 0.15) is 12.4 Å². The van der Waals surface area contributed by atoms with Gasteiger partial charge in [0.05, 0.1) is 5.71 Å². The summed E-state index contributed by atoms with van der Waals surface area (Å²) in [6.45, 7) is 1.49. The van der Waals surface area contributed by atoms with Crippen LogP contribution in [-0.4, -0.2) is 37.6 Å². The molecule has 9 nitrogen and oxygen atoms in total. The molecule has 0 fully saturated rings. The second kappa shape index (κ2) is 11.6. The summed E-state index contributed by atoms with van der Waals surface area (Å²) in [5.74, 6) is 0.767. The van der Waals surface area contributed by atoms with Crippen LogP contribution in [0.15, 0.2) is 78.0 Å². The molecule has 1 aliphatic rings. The van der Waals surface area contributed by atoms with Crippen molar-refractivity contribution in [1.29, 1.82) is 0 Å². The number of benzene rings is 3. The van der Waals surface area contributed by atoms with Crippen LogP contribution in [0.3, 0.4) is 0 Å². The highest BCUT2D eigenvalue weighted by Crippen LogP contribution is 2.32. The molecule has 0 aromatic heterocycles. The molecule has 1 amide bonds. The number of nitrogens with one attached hydrogen (secondary N) is 1. The molecule has 3 aromatic carbocycles. The Bertz CT molecular complexity index is 1190. The van der Waals surface area contributed by atoms with Gasteiger partial charge in [-0.1, -0.05) is 35.5 Å². The van der Waals surface area contributed by atoms with Crippen LogP contribution in [0.5, 0.6) is 17.2 Å². The molecule has 35 heavy (non-hydrogen) atoms. The molecule has 0 saturated carbocycles. The highest BCUT2D eigenvalue weighted by Gasteiger charge is 2.14. The average molecular weight is 476 g/mol. The molecule has 1 heterocycles. The highest BCUT2D eigenvalue weighted by molar-refractivity contribution is 5.99. The second-order valence-electron chi connectivity index (χ2n) is 7.53. The third-order valence-electron chi connectivity index (χ3n) is 4.92. The number of anilines is 1. The van der Waals surface area contributed by atoms with Gasteiger partial charge in [0.2, 0.25) is 13.4 Å². The molecule has 0 radical (unpaired) electrons. The van der Waals surface area contributed by atoms with Crippen molar-refractivity contribution in [3.8, 4) is 17.2 Å². The number of nitrogens with zero attached hydrogens (tertiary/aromatic N) is 1.